The largest absolute Gasteiger partial charge is 0.275 e. The topological polar surface area (TPSA) is 80.6 Å². The molecule has 0 saturated heterocycles. The van der Waals surface area contributed by atoms with Crippen molar-refractivity contribution in [2.45, 2.75) is 6.92 Å². The van der Waals surface area contributed by atoms with Crippen LogP contribution >= 0.6 is 11.3 Å². The van der Waals surface area contributed by atoms with E-state index in [9.17, 15) is 9.59 Å². The third-order valence-electron chi connectivity index (χ3n) is 3.51. The second kappa shape index (κ2) is 4.60. The zero-order valence-corrected chi connectivity index (χ0v) is 12.3. The van der Waals surface area contributed by atoms with Crippen LogP contribution in [0.1, 0.15) is 5.56 Å². The minimum Gasteiger partial charge on any atom is -0.267 e. The number of aromatic nitrogens is 4. The van der Waals surface area contributed by atoms with Crippen molar-refractivity contribution in [3.8, 4) is 5.69 Å². The number of nitrogens with zero attached hydrogens (tertiary/aromatic N) is 3. The van der Waals surface area contributed by atoms with Gasteiger partial charge in [-0.3, -0.25) is 14.2 Å². The van der Waals surface area contributed by atoms with Gasteiger partial charge in [-0.1, -0.05) is 17.7 Å². The molecule has 0 fully saturated rings. The van der Waals surface area contributed by atoms with E-state index in [2.05, 4.69) is 15.2 Å². The molecule has 22 heavy (non-hydrogen) atoms. The second-order valence-electron chi connectivity index (χ2n) is 4.97. The predicted octanol–water partition coefficient (Wildman–Crippen LogP) is 1.99. The quantitative estimate of drug-likeness (QED) is 0.583. The van der Waals surface area contributed by atoms with Crippen molar-refractivity contribution < 1.29 is 0 Å². The van der Waals surface area contributed by atoms with Crippen LogP contribution in [0.3, 0.4) is 0 Å². The summed E-state index contributed by atoms with van der Waals surface area (Å²) in [6, 6.07) is 7.61. The first-order chi connectivity index (χ1) is 10.6. The molecule has 0 unspecified atom stereocenters. The number of fused-ring (bicyclic) bond motifs is 3. The van der Waals surface area contributed by atoms with Crippen LogP contribution < -0.4 is 11.1 Å². The van der Waals surface area contributed by atoms with Gasteiger partial charge in [0, 0.05) is 0 Å². The maximum absolute atomic E-state index is 12.7. The lowest BCUT2D eigenvalue weighted by Crippen LogP contribution is -2.18. The highest BCUT2D eigenvalue weighted by Crippen LogP contribution is 2.26. The normalized spacial score (nSPS) is 11.3. The summed E-state index contributed by atoms with van der Waals surface area (Å²) >= 11 is 1.24. The number of H-pyrrole nitrogens is 1. The summed E-state index contributed by atoms with van der Waals surface area (Å²) in [6.07, 6.45) is 3.00. The van der Waals surface area contributed by atoms with Crippen molar-refractivity contribution in [1.29, 1.82) is 0 Å². The fraction of sp³-hybridized carbons (Fsp3) is 0.0667. The Morgan fingerprint density at radius 2 is 1.95 bits per heavy atom. The Hall–Kier alpha value is -2.80. The average molecular weight is 310 g/mol. The lowest BCUT2D eigenvalue weighted by atomic mass is 10.2. The van der Waals surface area contributed by atoms with Crippen molar-refractivity contribution in [2.75, 3.05) is 0 Å². The third-order valence-corrected chi connectivity index (χ3v) is 4.61. The van der Waals surface area contributed by atoms with E-state index in [-0.39, 0.29) is 11.1 Å². The van der Waals surface area contributed by atoms with E-state index in [1.165, 1.54) is 22.2 Å². The van der Waals surface area contributed by atoms with Gasteiger partial charge in [0.05, 0.1) is 22.0 Å². The SMILES string of the molecule is Cc1ccc(-n2cnc3c(sc4cn[nH]c(=O)c43)c2=O)cc1. The van der Waals surface area contributed by atoms with Crippen molar-refractivity contribution >= 4 is 31.6 Å². The first-order valence-corrected chi connectivity index (χ1v) is 7.41. The Bertz CT molecular complexity index is 1120. The zero-order chi connectivity index (χ0) is 15.3. The molecular formula is C15H10N4O2S. The van der Waals surface area contributed by atoms with Gasteiger partial charge in [0.25, 0.3) is 11.1 Å². The standard InChI is InChI=1S/C15H10N4O2S/c1-8-2-4-9(5-3-8)19-7-16-12-11-10(6-17-18-14(11)20)22-13(12)15(19)21/h2-7H,1H3,(H,18,20). The van der Waals surface area contributed by atoms with Crippen LogP contribution in [0, 0.1) is 6.92 Å². The highest BCUT2D eigenvalue weighted by atomic mass is 32.1. The molecule has 0 radical (unpaired) electrons. The van der Waals surface area contributed by atoms with Gasteiger partial charge in [-0.15, -0.1) is 11.3 Å². The zero-order valence-electron chi connectivity index (χ0n) is 11.5. The van der Waals surface area contributed by atoms with Gasteiger partial charge in [0.15, 0.2) is 0 Å². The van der Waals surface area contributed by atoms with E-state index in [0.717, 1.165) is 11.3 Å². The van der Waals surface area contributed by atoms with Gasteiger partial charge in [-0.2, -0.15) is 5.10 Å². The summed E-state index contributed by atoms with van der Waals surface area (Å²) in [7, 11) is 0. The Morgan fingerprint density at radius 3 is 2.73 bits per heavy atom. The minimum absolute atomic E-state index is 0.186. The van der Waals surface area contributed by atoms with Crippen LogP contribution in [0.2, 0.25) is 0 Å². The van der Waals surface area contributed by atoms with Crippen molar-refractivity contribution in [3.63, 3.8) is 0 Å². The summed E-state index contributed by atoms with van der Waals surface area (Å²) in [6.45, 7) is 1.99. The maximum Gasteiger partial charge on any atom is 0.275 e. The number of nitrogens with one attached hydrogen (secondary N) is 1. The van der Waals surface area contributed by atoms with Crippen LogP contribution in [0.4, 0.5) is 0 Å². The van der Waals surface area contributed by atoms with Gasteiger partial charge < -0.3 is 0 Å². The Morgan fingerprint density at radius 1 is 1.18 bits per heavy atom. The number of hydrogen-bond donors (Lipinski definition) is 1. The molecule has 0 spiro atoms. The van der Waals surface area contributed by atoms with Gasteiger partial charge in [-0.05, 0) is 19.1 Å². The van der Waals surface area contributed by atoms with E-state index in [4.69, 9.17) is 0 Å². The molecule has 1 N–H and O–H groups in total. The summed E-state index contributed by atoms with van der Waals surface area (Å²) in [4.78, 5) is 28.9. The fourth-order valence-corrected chi connectivity index (χ4v) is 3.44. The summed E-state index contributed by atoms with van der Waals surface area (Å²) < 4.78 is 2.60. The maximum atomic E-state index is 12.7. The van der Waals surface area contributed by atoms with Crippen molar-refractivity contribution in [1.82, 2.24) is 19.7 Å². The molecular weight excluding hydrogens is 300 g/mol. The monoisotopic (exact) mass is 310 g/mol. The van der Waals surface area contributed by atoms with Gasteiger partial charge in [-0.25, -0.2) is 10.1 Å². The van der Waals surface area contributed by atoms with Crippen LogP contribution in [-0.2, 0) is 0 Å². The second-order valence-corrected chi connectivity index (χ2v) is 6.03. The lowest BCUT2D eigenvalue weighted by molar-refractivity contribution is 0.965. The predicted molar refractivity (Wildman–Crippen MR) is 85.9 cm³/mol. The number of aromatic amines is 1. The molecule has 0 aliphatic heterocycles. The van der Waals surface area contributed by atoms with Crippen LogP contribution in [0.25, 0.3) is 26.0 Å². The first kappa shape index (κ1) is 12.9. The highest BCUT2D eigenvalue weighted by molar-refractivity contribution is 7.25. The molecule has 1 aromatic carbocycles. The van der Waals surface area contributed by atoms with E-state index >= 15 is 0 Å². The van der Waals surface area contributed by atoms with Gasteiger partial charge >= 0.3 is 0 Å². The summed E-state index contributed by atoms with van der Waals surface area (Å²) in [5, 5.41) is 6.56. The van der Waals surface area contributed by atoms with Crippen LogP contribution in [0.15, 0.2) is 46.4 Å². The molecule has 3 heterocycles. The molecule has 6 nitrogen and oxygen atoms in total. The first-order valence-electron chi connectivity index (χ1n) is 6.60. The number of hydrogen-bond acceptors (Lipinski definition) is 5. The molecule has 108 valence electrons. The minimum atomic E-state index is -0.330. The molecule has 7 heteroatoms. The van der Waals surface area contributed by atoms with Crippen LogP contribution in [-0.4, -0.2) is 19.7 Å². The van der Waals surface area contributed by atoms with Crippen molar-refractivity contribution in [2.24, 2.45) is 0 Å². The Balaban J connectivity index is 2.08. The van der Waals surface area contributed by atoms with Gasteiger partial charge in [0.2, 0.25) is 0 Å². The van der Waals surface area contributed by atoms with E-state index in [0.29, 0.717) is 20.3 Å². The molecule has 0 bridgehead atoms. The van der Waals surface area contributed by atoms with E-state index in [1.807, 2.05) is 31.2 Å². The van der Waals surface area contributed by atoms with Crippen LogP contribution in [0.5, 0.6) is 0 Å². The average Bonchev–Trinajstić information content (AvgIpc) is 2.90. The Kier molecular flexibility index (Phi) is 2.70. The van der Waals surface area contributed by atoms with Crippen molar-refractivity contribution in [3.05, 3.63) is 63.1 Å². The van der Waals surface area contributed by atoms with E-state index < -0.39 is 0 Å². The number of benzene rings is 1. The molecule has 0 saturated carbocycles. The fourth-order valence-electron chi connectivity index (χ4n) is 2.39. The molecule has 4 rings (SSSR count). The smallest absolute Gasteiger partial charge is 0.267 e. The number of aryl methyl sites for hydroxylation is 1. The molecule has 4 aromatic rings. The molecule has 3 aromatic heterocycles. The highest BCUT2D eigenvalue weighted by Gasteiger charge is 2.14. The molecule has 0 amide bonds. The summed E-state index contributed by atoms with van der Waals surface area (Å²) in [5.74, 6) is 0. The number of thiophene rings is 1. The van der Waals surface area contributed by atoms with E-state index in [1.54, 1.807) is 6.20 Å². The lowest BCUT2D eigenvalue weighted by Gasteiger charge is -2.05. The summed E-state index contributed by atoms with van der Waals surface area (Å²) in [5.41, 5.74) is 1.77. The molecule has 0 aliphatic carbocycles. The van der Waals surface area contributed by atoms with Gasteiger partial charge in [0.1, 0.15) is 16.5 Å². The molecule has 0 atom stereocenters. The number of rotatable bonds is 1. The Labute approximate surface area is 127 Å². The molecule has 0 aliphatic rings. The third kappa shape index (κ3) is 1.79.